The summed E-state index contributed by atoms with van der Waals surface area (Å²) in [7, 11) is 0. The van der Waals surface area contributed by atoms with Crippen LogP contribution in [-0.4, -0.2) is 39.2 Å². The standard InChI is InChI=1S/C11H21N3O2S/c1-4-10(8(2)3)12-5-9(15)7-16-11-6-13-17-14-11/h6,8-10,12,15H,4-5,7H2,1-3H3. The predicted octanol–water partition coefficient (Wildman–Crippen LogP) is 1.30. The van der Waals surface area contributed by atoms with Gasteiger partial charge in [-0.1, -0.05) is 20.8 Å². The van der Waals surface area contributed by atoms with E-state index in [2.05, 4.69) is 34.8 Å². The van der Waals surface area contributed by atoms with E-state index in [4.69, 9.17) is 4.74 Å². The van der Waals surface area contributed by atoms with Gasteiger partial charge in [0.2, 0.25) is 5.88 Å². The molecule has 2 unspecified atom stereocenters. The van der Waals surface area contributed by atoms with Gasteiger partial charge in [0.1, 0.15) is 18.9 Å². The molecule has 0 saturated carbocycles. The van der Waals surface area contributed by atoms with E-state index < -0.39 is 6.10 Å². The molecule has 1 aromatic heterocycles. The molecule has 0 aliphatic heterocycles. The Labute approximate surface area is 107 Å². The molecule has 1 aromatic rings. The molecular formula is C11H21N3O2S. The molecule has 0 amide bonds. The van der Waals surface area contributed by atoms with E-state index in [9.17, 15) is 5.11 Å². The van der Waals surface area contributed by atoms with Gasteiger partial charge in [-0.25, -0.2) is 0 Å². The summed E-state index contributed by atoms with van der Waals surface area (Å²) in [6, 6.07) is 0.436. The Balaban J connectivity index is 2.18. The summed E-state index contributed by atoms with van der Waals surface area (Å²) in [5.74, 6) is 1.04. The molecule has 98 valence electrons. The monoisotopic (exact) mass is 259 g/mol. The number of hydrogen-bond acceptors (Lipinski definition) is 6. The van der Waals surface area contributed by atoms with Gasteiger partial charge in [-0.3, -0.25) is 0 Å². The number of aliphatic hydroxyl groups excluding tert-OH is 1. The van der Waals surface area contributed by atoms with Crippen molar-refractivity contribution in [1.29, 1.82) is 0 Å². The number of aromatic nitrogens is 2. The van der Waals surface area contributed by atoms with Crippen LogP contribution in [0.1, 0.15) is 27.2 Å². The Kier molecular flexibility index (Phi) is 6.39. The molecule has 17 heavy (non-hydrogen) atoms. The van der Waals surface area contributed by atoms with Crippen LogP contribution in [0.4, 0.5) is 0 Å². The average Bonchev–Trinajstić information content (AvgIpc) is 2.79. The molecule has 0 aromatic carbocycles. The van der Waals surface area contributed by atoms with E-state index in [1.54, 1.807) is 6.20 Å². The van der Waals surface area contributed by atoms with Gasteiger partial charge in [-0.2, -0.15) is 4.37 Å². The van der Waals surface area contributed by atoms with Gasteiger partial charge in [0.05, 0.1) is 11.7 Å². The number of hydrogen-bond donors (Lipinski definition) is 2. The van der Waals surface area contributed by atoms with E-state index in [1.165, 1.54) is 0 Å². The van der Waals surface area contributed by atoms with Crippen molar-refractivity contribution >= 4 is 11.7 Å². The third-order valence-corrected chi connectivity index (χ3v) is 3.09. The molecule has 1 rings (SSSR count). The molecule has 0 bridgehead atoms. The first-order valence-electron chi connectivity index (χ1n) is 5.95. The van der Waals surface area contributed by atoms with Crippen LogP contribution in [0.2, 0.25) is 0 Å². The van der Waals surface area contributed by atoms with Crippen molar-refractivity contribution in [2.45, 2.75) is 39.3 Å². The van der Waals surface area contributed by atoms with Crippen LogP contribution >= 0.6 is 11.7 Å². The topological polar surface area (TPSA) is 67.3 Å². The summed E-state index contributed by atoms with van der Waals surface area (Å²) in [6.45, 7) is 7.26. The summed E-state index contributed by atoms with van der Waals surface area (Å²) in [6.07, 6.45) is 2.08. The van der Waals surface area contributed by atoms with Gasteiger partial charge < -0.3 is 15.2 Å². The smallest absolute Gasteiger partial charge is 0.245 e. The molecule has 1 heterocycles. The van der Waals surface area contributed by atoms with Crippen molar-refractivity contribution in [2.75, 3.05) is 13.2 Å². The zero-order chi connectivity index (χ0) is 12.7. The molecule has 0 saturated heterocycles. The highest BCUT2D eigenvalue weighted by Gasteiger charge is 2.13. The summed E-state index contributed by atoms with van der Waals surface area (Å²) < 4.78 is 13.0. The second-order valence-electron chi connectivity index (χ2n) is 4.38. The number of ether oxygens (including phenoxy) is 1. The van der Waals surface area contributed by atoms with Gasteiger partial charge >= 0.3 is 0 Å². The highest BCUT2D eigenvalue weighted by molar-refractivity contribution is 6.99. The average molecular weight is 259 g/mol. The highest BCUT2D eigenvalue weighted by Crippen LogP contribution is 2.07. The zero-order valence-electron chi connectivity index (χ0n) is 10.6. The van der Waals surface area contributed by atoms with E-state index >= 15 is 0 Å². The molecule has 0 spiro atoms. The van der Waals surface area contributed by atoms with Gasteiger partial charge in [0, 0.05) is 12.6 Å². The minimum Gasteiger partial charge on any atom is -0.473 e. The maximum absolute atomic E-state index is 9.74. The van der Waals surface area contributed by atoms with Crippen molar-refractivity contribution in [3.05, 3.63) is 6.20 Å². The SMILES string of the molecule is CCC(NCC(O)COc1cnsn1)C(C)C. The fourth-order valence-electron chi connectivity index (χ4n) is 1.60. The fraction of sp³-hybridized carbons (Fsp3) is 0.818. The minimum absolute atomic E-state index is 0.243. The first kappa shape index (κ1) is 14.3. The molecule has 0 aliphatic rings. The Morgan fingerprint density at radius 2 is 2.29 bits per heavy atom. The van der Waals surface area contributed by atoms with Gasteiger partial charge in [0.25, 0.3) is 0 Å². The first-order valence-corrected chi connectivity index (χ1v) is 6.68. The molecule has 0 radical (unpaired) electrons. The maximum Gasteiger partial charge on any atom is 0.245 e. The van der Waals surface area contributed by atoms with Gasteiger partial charge in [-0.05, 0) is 12.3 Å². The number of aliphatic hydroxyl groups is 1. The van der Waals surface area contributed by atoms with E-state index in [1.807, 2.05) is 0 Å². The summed E-state index contributed by atoms with van der Waals surface area (Å²) in [4.78, 5) is 0. The van der Waals surface area contributed by atoms with Crippen LogP contribution in [-0.2, 0) is 0 Å². The first-order chi connectivity index (χ1) is 8.13. The molecule has 2 N–H and O–H groups in total. The molecule has 6 heteroatoms. The van der Waals surface area contributed by atoms with Crippen molar-refractivity contribution in [2.24, 2.45) is 5.92 Å². The van der Waals surface area contributed by atoms with Crippen LogP contribution in [0, 0.1) is 5.92 Å². The van der Waals surface area contributed by atoms with Gasteiger partial charge in [-0.15, -0.1) is 4.37 Å². The summed E-state index contributed by atoms with van der Waals surface area (Å²) in [5, 5.41) is 13.1. The largest absolute Gasteiger partial charge is 0.473 e. The number of nitrogens with zero attached hydrogens (tertiary/aromatic N) is 2. The fourth-order valence-corrected chi connectivity index (χ4v) is 1.96. The van der Waals surface area contributed by atoms with Crippen molar-refractivity contribution in [3.8, 4) is 5.88 Å². The highest BCUT2D eigenvalue weighted by atomic mass is 32.1. The second kappa shape index (κ2) is 7.58. The molecule has 2 atom stereocenters. The lowest BCUT2D eigenvalue weighted by Crippen LogP contribution is -2.40. The van der Waals surface area contributed by atoms with Crippen LogP contribution in [0.5, 0.6) is 5.88 Å². The summed E-state index contributed by atoms with van der Waals surface area (Å²) >= 11 is 1.09. The maximum atomic E-state index is 9.74. The Morgan fingerprint density at radius 3 is 2.82 bits per heavy atom. The molecule has 0 aliphatic carbocycles. The van der Waals surface area contributed by atoms with E-state index in [0.29, 0.717) is 24.4 Å². The van der Waals surface area contributed by atoms with E-state index in [0.717, 1.165) is 18.1 Å². The number of rotatable bonds is 8. The Hall–Kier alpha value is -0.720. The minimum atomic E-state index is -0.524. The second-order valence-corrected chi connectivity index (χ2v) is 4.93. The normalized spacial score (nSPS) is 14.9. The zero-order valence-corrected chi connectivity index (χ0v) is 11.4. The van der Waals surface area contributed by atoms with Gasteiger partial charge in [0.15, 0.2) is 0 Å². The lowest BCUT2D eigenvalue weighted by Gasteiger charge is -2.22. The number of nitrogens with one attached hydrogen (secondary N) is 1. The van der Waals surface area contributed by atoms with Crippen LogP contribution in [0.25, 0.3) is 0 Å². The third kappa shape index (κ3) is 5.43. The van der Waals surface area contributed by atoms with Crippen LogP contribution < -0.4 is 10.1 Å². The molecule has 5 nitrogen and oxygen atoms in total. The van der Waals surface area contributed by atoms with E-state index in [-0.39, 0.29) is 6.61 Å². The molecular weight excluding hydrogens is 238 g/mol. The molecule has 0 fully saturated rings. The summed E-state index contributed by atoms with van der Waals surface area (Å²) in [5.41, 5.74) is 0. The lowest BCUT2D eigenvalue weighted by molar-refractivity contribution is 0.0993. The van der Waals surface area contributed by atoms with Crippen LogP contribution in [0.15, 0.2) is 6.20 Å². The third-order valence-electron chi connectivity index (χ3n) is 2.62. The quantitative estimate of drug-likeness (QED) is 0.736. The Bertz CT molecular complexity index is 293. The van der Waals surface area contributed by atoms with Crippen molar-refractivity contribution < 1.29 is 9.84 Å². The van der Waals surface area contributed by atoms with Crippen molar-refractivity contribution in [1.82, 2.24) is 14.1 Å². The predicted molar refractivity (Wildman–Crippen MR) is 68.3 cm³/mol. The van der Waals surface area contributed by atoms with Crippen LogP contribution in [0.3, 0.4) is 0 Å². The van der Waals surface area contributed by atoms with Crippen molar-refractivity contribution in [3.63, 3.8) is 0 Å². The Morgan fingerprint density at radius 1 is 1.53 bits per heavy atom. The lowest BCUT2D eigenvalue weighted by atomic mass is 10.0.